The van der Waals surface area contributed by atoms with Crippen LogP contribution in [0.3, 0.4) is 0 Å². The first-order valence-electron chi connectivity index (χ1n) is 11.2. The Balaban J connectivity index is 1.64. The number of aromatic nitrogens is 1. The summed E-state index contributed by atoms with van der Waals surface area (Å²) < 4.78 is 11.7. The number of hydrogen-bond donors (Lipinski definition) is 1. The zero-order valence-corrected chi connectivity index (χ0v) is 19.5. The Morgan fingerprint density at radius 2 is 1.75 bits per heavy atom. The number of carbonyl (C=O) groups is 1. The summed E-state index contributed by atoms with van der Waals surface area (Å²) in [5.74, 6) is 1.76. The highest BCUT2D eigenvalue weighted by Crippen LogP contribution is 2.26. The van der Waals surface area contributed by atoms with Gasteiger partial charge in [0.2, 0.25) is 0 Å². The summed E-state index contributed by atoms with van der Waals surface area (Å²) >= 11 is 0. The second-order valence-electron chi connectivity index (χ2n) is 8.19. The maximum Gasteiger partial charge on any atom is 0.257 e. The molecule has 0 radical (unpaired) electrons. The number of nitrogens with zero attached hydrogens (tertiary/aromatic N) is 1. The third-order valence-electron chi connectivity index (χ3n) is 5.21. The van der Waals surface area contributed by atoms with Gasteiger partial charge in [0.1, 0.15) is 11.5 Å². The van der Waals surface area contributed by atoms with Crippen LogP contribution in [0.15, 0.2) is 60.7 Å². The molecule has 5 heteroatoms. The van der Waals surface area contributed by atoms with E-state index in [4.69, 9.17) is 9.47 Å². The van der Waals surface area contributed by atoms with Gasteiger partial charge in [0.05, 0.1) is 23.1 Å². The summed E-state index contributed by atoms with van der Waals surface area (Å²) in [5, 5.41) is 2.93. The van der Waals surface area contributed by atoms with E-state index in [0.29, 0.717) is 35.2 Å². The standard InChI is InChI=1S/C27H32N2O3/c1-6-16-31-20(5)26-15-14-25(19(4)28-26)27(30)29-22-10-12-23(13-11-22)32-24-9-7-8-21(17-24)18(2)3/h7-15,17-18,20H,6,16H2,1-5H3,(H,29,30). The zero-order chi connectivity index (χ0) is 23.1. The summed E-state index contributed by atoms with van der Waals surface area (Å²) in [5.41, 5.74) is 3.98. The maximum absolute atomic E-state index is 12.8. The van der Waals surface area contributed by atoms with Crippen molar-refractivity contribution in [3.8, 4) is 11.5 Å². The number of ether oxygens (including phenoxy) is 2. The predicted octanol–water partition coefficient (Wildman–Crippen LogP) is 7.05. The lowest BCUT2D eigenvalue weighted by Crippen LogP contribution is -2.15. The van der Waals surface area contributed by atoms with Gasteiger partial charge in [0.15, 0.2) is 0 Å². The Kier molecular flexibility index (Phi) is 8.01. The molecule has 168 valence electrons. The molecule has 0 fully saturated rings. The molecule has 3 rings (SSSR count). The van der Waals surface area contributed by atoms with E-state index in [-0.39, 0.29) is 12.0 Å². The van der Waals surface area contributed by atoms with Gasteiger partial charge in [-0.25, -0.2) is 0 Å². The van der Waals surface area contributed by atoms with Crippen LogP contribution in [0.5, 0.6) is 11.5 Å². The first kappa shape index (κ1) is 23.5. The molecule has 0 aliphatic heterocycles. The highest BCUT2D eigenvalue weighted by atomic mass is 16.5. The fraction of sp³-hybridized carbons (Fsp3) is 0.333. The smallest absolute Gasteiger partial charge is 0.257 e. The van der Waals surface area contributed by atoms with E-state index in [0.717, 1.165) is 17.9 Å². The lowest BCUT2D eigenvalue weighted by molar-refractivity contribution is 0.0632. The Morgan fingerprint density at radius 3 is 2.41 bits per heavy atom. The molecule has 1 N–H and O–H groups in total. The highest BCUT2D eigenvalue weighted by molar-refractivity contribution is 6.05. The van der Waals surface area contributed by atoms with Crippen LogP contribution in [0.2, 0.25) is 0 Å². The van der Waals surface area contributed by atoms with Crippen molar-refractivity contribution in [3.63, 3.8) is 0 Å². The third kappa shape index (κ3) is 6.17. The number of rotatable bonds is 9. The largest absolute Gasteiger partial charge is 0.457 e. The van der Waals surface area contributed by atoms with Crippen LogP contribution >= 0.6 is 0 Å². The van der Waals surface area contributed by atoms with Crippen molar-refractivity contribution >= 4 is 11.6 Å². The topological polar surface area (TPSA) is 60.5 Å². The van der Waals surface area contributed by atoms with Crippen LogP contribution in [0.25, 0.3) is 0 Å². The summed E-state index contributed by atoms with van der Waals surface area (Å²) in [6.45, 7) is 10.9. The molecule has 1 heterocycles. The molecular weight excluding hydrogens is 400 g/mol. The number of anilines is 1. The van der Waals surface area contributed by atoms with Gasteiger partial charge in [-0.1, -0.05) is 32.9 Å². The minimum atomic E-state index is -0.193. The van der Waals surface area contributed by atoms with Crippen LogP contribution in [0.4, 0.5) is 5.69 Å². The number of pyridine rings is 1. The van der Waals surface area contributed by atoms with Gasteiger partial charge in [0.25, 0.3) is 5.91 Å². The Morgan fingerprint density at radius 1 is 1.00 bits per heavy atom. The van der Waals surface area contributed by atoms with Gasteiger partial charge in [-0.15, -0.1) is 0 Å². The lowest BCUT2D eigenvalue weighted by atomic mass is 10.0. The fourth-order valence-corrected chi connectivity index (χ4v) is 3.30. The molecule has 0 aliphatic rings. The molecule has 0 spiro atoms. The molecule has 1 aromatic heterocycles. The molecule has 32 heavy (non-hydrogen) atoms. The Bertz CT molecular complexity index is 1050. The van der Waals surface area contributed by atoms with Crippen LogP contribution in [0, 0.1) is 6.92 Å². The van der Waals surface area contributed by atoms with Gasteiger partial charge < -0.3 is 14.8 Å². The normalized spacial score (nSPS) is 11.9. The highest BCUT2D eigenvalue weighted by Gasteiger charge is 2.14. The predicted molar refractivity (Wildman–Crippen MR) is 129 cm³/mol. The summed E-state index contributed by atoms with van der Waals surface area (Å²) in [7, 11) is 0. The average molecular weight is 433 g/mol. The van der Waals surface area contributed by atoms with Gasteiger partial charge in [-0.2, -0.15) is 0 Å². The second-order valence-corrected chi connectivity index (χ2v) is 8.19. The summed E-state index contributed by atoms with van der Waals surface area (Å²) in [6.07, 6.45) is 0.859. The van der Waals surface area contributed by atoms with Gasteiger partial charge in [-0.3, -0.25) is 9.78 Å². The fourth-order valence-electron chi connectivity index (χ4n) is 3.30. The van der Waals surface area contributed by atoms with Crippen molar-refractivity contribution in [1.29, 1.82) is 0 Å². The first-order valence-corrected chi connectivity index (χ1v) is 11.2. The van der Waals surface area contributed by atoms with Crippen LogP contribution < -0.4 is 10.1 Å². The van der Waals surface area contributed by atoms with Crippen molar-refractivity contribution in [2.75, 3.05) is 11.9 Å². The van der Waals surface area contributed by atoms with Crippen molar-refractivity contribution in [1.82, 2.24) is 4.98 Å². The molecule has 2 aromatic carbocycles. The van der Waals surface area contributed by atoms with Gasteiger partial charge >= 0.3 is 0 Å². The van der Waals surface area contributed by atoms with Gasteiger partial charge in [0, 0.05) is 12.3 Å². The maximum atomic E-state index is 12.8. The minimum Gasteiger partial charge on any atom is -0.457 e. The minimum absolute atomic E-state index is 0.0977. The van der Waals surface area contributed by atoms with Gasteiger partial charge in [-0.05, 0) is 80.3 Å². The lowest BCUT2D eigenvalue weighted by Gasteiger charge is -2.14. The molecule has 1 unspecified atom stereocenters. The average Bonchev–Trinajstić information content (AvgIpc) is 2.78. The molecule has 0 saturated heterocycles. The number of hydrogen-bond acceptors (Lipinski definition) is 4. The number of benzene rings is 2. The number of carbonyl (C=O) groups excluding carboxylic acids is 1. The summed E-state index contributed by atoms with van der Waals surface area (Å²) in [6, 6.07) is 19.1. The summed E-state index contributed by atoms with van der Waals surface area (Å²) in [4.78, 5) is 17.3. The van der Waals surface area contributed by atoms with E-state index in [9.17, 15) is 4.79 Å². The Hall–Kier alpha value is -3.18. The van der Waals surface area contributed by atoms with E-state index in [1.165, 1.54) is 5.56 Å². The zero-order valence-electron chi connectivity index (χ0n) is 19.5. The van der Waals surface area contributed by atoms with Crippen LogP contribution in [0.1, 0.15) is 73.4 Å². The molecule has 1 amide bonds. The second kappa shape index (κ2) is 10.9. The van der Waals surface area contributed by atoms with Crippen molar-refractivity contribution in [3.05, 3.63) is 83.2 Å². The molecular formula is C27H32N2O3. The van der Waals surface area contributed by atoms with Crippen molar-refractivity contribution in [2.45, 2.75) is 53.1 Å². The molecule has 1 atom stereocenters. The number of nitrogens with one attached hydrogen (secondary N) is 1. The van der Waals surface area contributed by atoms with E-state index in [1.807, 2.05) is 62.4 Å². The molecule has 3 aromatic rings. The number of aryl methyl sites for hydroxylation is 1. The quantitative estimate of drug-likeness (QED) is 0.394. The van der Waals surface area contributed by atoms with Crippen LogP contribution in [-0.4, -0.2) is 17.5 Å². The third-order valence-corrected chi connectivity index (χ3v) is 5.21. The van der Waals surface area contributed by atoms with E-state index < -0.39 is 0 Å². The Labute approximate surface area is 190 Å². The monoisotopic (exact) mass is 432 g/mol. The first-order chi connectivity index (χ1) is 15.4. The van der Waals surface area contributed by atoms with E-state index in [1.54, 1.807) is 6.07 Å². The van der Waals surface area contributed by atoms with E-state index >= 15 is 0 Å². The number of amides is 1. The van der Waals surface area contributed by atoms with Crippen LogP contribution in [-0.2, 0) is 4.74 Å². The SMILES string of the molecule is CCCOC(C)c1ccc(C(=O)Nc2ccc(Oc3cccc(C(C)C)c3)cc2)c(C)n1. The molecule has 0 bridgehead atoms. The van der Waals surface area contributed by atoms with Crippen molar-refractivity contribution in [2.24, 2.45) is 0 Å². The molecule has 5 nitrogen and oxygen atoms in total. The van der Waals surface area contributed by atoms with E-state index in [2.05, 4.69) is 37.1 Å². The van der Waals surface area contributed by atoms with Crippen molar-refractivity contribution < 1.29 is 14.3 Å². The molecule has 0 aliphatic carbocycles. The molecule has 0 saturated carbocycles.